The van der Waals surface area contributed by atoms with E-state index in [1.807, 2.05) is 34.6 Å². The number of ether oxygens (including phenoxy) is 2. The Kier molecular flexibility index (Phi) is 4.78. The molecule has 0 spiro atoms. The molecule has 0 saturated carbocycles. The Morgan fingerprint density at radius 1 is 1.23 bits per heavy atom. The molecule has 3 rings (SSSR count). The van der Waals surface area contributed by atoms with Crippen molar-refractivity contribution in [1.82, 2.24) is 4.90 Å². The molecule has 0 radical (unpaired) electrons. The summed E-state index contributed by atoms with van der Waals surface area (Å²) in [5.41, 5.74) is 0.535. The maximum atomic E-state index is 13.7. The average Bonchev–Trinajstić information content (AvgIpc) is 2.42. The number of hydrogen-bond acceptors (Lipinski definition) is 4. The lowest BCUT2D eigenvalue weighted by Crippen LogP contribution is -2.63. The Labute approximate surface area is 154 Å². The van der Waals surface area contributed by atoms with Crippen molar-refractivity contribution in [2.45, 2.75) is 70.7 Å². The summed E-state index contributed by atoms with van der Waals surface area (Å²) in [5.74, 6) is -0.304. The Morgan fingerprint density at radius 2 is 1.73 bits per heavy atom. The number of hydrogen-bond donors (Lipinski definition) is 1. The molecule has 144 valence electrons. The fraction of sp³-hybridized carbons (Fsp3) is 0.650. The highest BCUT2D eigenvalue weighted by Gasteiger charge is 2.50. The molecule has 2 aliphatic heterocycles. The van der Waals surface area contributed by atoms with Gasteiger partial charge in [-0.3, -0.25) is 4.90 Å². The fourth-order valence-electron chi connectivity index (χ4n) is 4.44. The molecule has 2 heterocycles. The van der Waals surface area contributed by atoms with Gasteiger partial charge in [0, 0.05) is 12.8 Å². The van der Waals surface area contributed by atoms with Crippen LogP contribution in [0.5, 0.6) is 0 Å². The van der Waals surface area contributed by atoms with Crippen molar-refractivity contribution >= 4 is 6.09 Å². The van der Waals surface area contributed by atoms with Crippen LogP contribution in [0.25, 0.3) is 0 Å². The molecular weight excluding hydrogens is 337 g/mol. The minimum Gasteiger partial charge on any atom is -0.444 e. The molecule has 2 saturated heterocycles. The van der Waals surface area contributed by atoms with Gasteiger partial charge in [-0.15, -0.1) is 0 Å². The summed E-state index contributed by atoms with van der Waals surface area (Å²) >= 11 is 0. The number of aliphatic hydroxyl groups is 1. The molecule has 0 aliphatic carbocycles. The standard InChI is InChI=1S/C20H28FNO4/c1-12-6-14(21)7-13(2)17(12)20(24)8-15-10-25-11-16(9-20)22(15)18(23)26-19(3,4)5/h6-7,15-16,24H,8-11H2,1-5H3. The van der Waals surface area contributed by atoms with E-state index in [1.54, 1.807) is 4.90 Å². The summed E-state index contributed by atoms with van der Waals surface area (Å²) < 4.78 is 24.9. The summed E-state index contributed by atoms with van der Waals surface area (Å²) in [6.45, 7) is 9.86. The minimum atomic E-state index is -1.11. The van der Waals surface area contributed by atoms with Crippen molar-refractivity contribution in [2.24, 2.45) is 0 Å². The van der Waals surface area contributed by atoms with Gasteiger partial charge in [-0.1, -0.05) is 0 Å². The number of benzene rings is 1. The topological polar surface area (TPSA) is 59.0 Å². The smallest absolute Gasteiger partial charge is 0.410 e. The maximum absolute atomic E-state index is 13.7. The number of piperidine rings is 1. The molecule has 2 atom stereocenters. The Hall–Kier alpha value is -1.66. The number of rotatable bonds is 1. The highest BCUT2D eigenvalue weighted by Crippen LogP contribution is 2.43. The molecule has 26 heavy (non-hydrogen) atoms. The van der Waals surface area contributed by atoms with Crippen LogP contribution in [0, 0.1) is 19.7 Å². The number of nitrogens with zero attached hydrogens (tertiary/aromatic N) is 1. The summed E-state index contributed by atoms with van der Waals surface area (Å²) in [6.07, 6.45) is 0.317. The normalized spacial score (nSPS) is 28.8. The summed E-state index contributed by atoms with van der Waals surface area (Å²) in [5, 5.41) is 11.5. The van der Waals surface area contributed by atoms with Crippen LogP contribution in [0.3, 0.4) is 0 Å². The van der Waals surface area contributed by atoms with Crippen LogP contribution in [0.1, 0.15) is 50.3 Å². The third kappa shape index (κ3) is 3.58. The van der Waals surface area contributed by atoms with Gasteiger partial charge >= 0.3 is 6.09 Å². The van der Waals surface area contributed by atoms with Gasteiger partial charge in [0.1, 0.15) is 11.4 Å². The zero-order valence-corrected chi connectivity index (χ0v) is 16.1. The van der Waals surface area contributed by atoms with Crippen molar-refractivity contribution in [1.29, 1.82) is 0 Å². The van der Waals surface area contributed by atoms with Crippen molar-refractivity contribution in [3.8, 4) is 0 Å². The number of carbonyl (C=O) groups is 1. The van der Waals surface area contributed by atoms with E-state index in [4.69, 9.17) is 9.47 Å². The van der Waals surface area contributed by atoms with E-state index in [1.165, 1.54) is 12.1 Å². The first kappa shape index (κ1) is 19.1. The number of amides is 1. The Balaban J connectivity index is 1.91. The van der Waals surface area contributed by atoms with Crippen LogP contribution in [0.15, 0.2) is 12.1 Å². The van der Waals surface area contributed by atoms with Crippen LogP contribution in [-0.4, -0.2) is 47.0 Å². The van der Waals surface area contributed by atoms with E-state index in [2.05, 4.69) is 0 Å². The first-order chi connectivity index (χ1) is 12.0. The van der Waals surface area contributed by atoms with E-state index in [0.717, 1.165) is 16.7 Å². The average molecular weight is 365 g/mol. The molecule has 2 aliphatic rings. The van der Waals surface area contributed by atoms with Gasteiger partial charge in [0.2, 0.25) is 0 Å². The van der Waals surface area contributed by atoms with Crippen LogP contribution in [0.4, 0.5) is 9.18 Å². The second-order valence-corrected chi connectivity index (χ2v) is 8.59. The molecule has 0 aromatic heterocycles. The summed E-state index contributed by atoms with van der Waals surface area (Å²) in [7, 11) is 0. The largest absolute Gasteiger partial charge is 0.444 e. The first-order valence-electron chi connectivity index (χ1n) is 9.09. The molecule has 5 nitrogen and oxygen atoms in total. The molecule has 1 aromatic rings. The molecule has 2 unspecified atom stereocenters. The van der Waals surface area contributed by atoms with Crippen LogP contribution >= 0.6 is 0 Å². The van der Waals surface area contributed by atoms with Gasteiger partial charge in [-0.2, -0.15) is 0 Å². The van der Waals surface area contributed by atoms with Gasteiger partial charge in [0.15, 0.2) is 0 Å². The first-order valence-corrected chi connectivity index (χ1v) is 9.09. The maximum Gasteiger partial charge on any atom is 0.410 e. The lowest BCUT2D eigenvalue weighted by atomic mass is 9.74. The molecule has 1 aromatic carbocycles. The van der Waals surface area contributed by atoms with Gasteiger partial charge in [-0.05, 0) is 63.4 Å². The number of carbonyl (C=O) groups excluding carboxylic acids is 1. The van der Waals surface area contributed by atoms with Gasteiger partial charge in [0.25, 0.3) is 0 Å². The van der Waals surface area contributed by atoms with Crippen molar-refractivity contribution in [3.63, 3.8) is 0 Å². The van der Waals surface area contributed by atoms with E-state index < -0.39 is 11.2 Å². The Morgan fingerprint density at radius 3 is 2.19 bits per heavy atom. The SMILES string of the molecule is Cc1cc(F)cc(C)c1C1(O)CC2COCC(C1)N2C(=O)OC(C)(C)C. The zero-order valence-electron chi connectivity index (χ0n) is 16.1. The quantitative estimate of drug-likeness (QED) is 0.828. The van der Waals surface area contributed by atoms with Gasteiger partial charge in [-0.25, -0.2) is 9.18 Å². The molecule has 1 amide bonds. The minimum absolute atomic E-state index is 0.272. The highest BCUT2D eigenvalue weighted by atomic mass is 19.1. The van der Waals surface area contributed by atoms with E-state index in [9.17, 15) is 14.3 Å². The number of fused-ring (bicyclic) bond motifs is 2. The molecule has 6 heteroatoms. The number of aryl methyl sites for hydroxylation is 2. The second kappa shape index (κ2) is 6.50. The molecule has 2 fully saturated rings. The lowest BCUT2D eigenvalue weighted by molar-refractivity contribution is -0.141. The molecule has 1 N–H and O–H groups in total. The third-order valence-electron chi connectivity index (χ3n) is 5.12. The van der Waals surface area contributed by atoms with Crippen molar-refractivity contribution in [2.75, 3.05) is 13.2 Å². The number of morpholine rings is 1. The number of halogens is 1. The van der Waals surface area contributed by atoms with Crippen LogP contribution in [0.2, 0.25) is 0 Å². The summed E-state index contributed by atoms with van der Waals surface area (Å²) in [6, 6.07) is 2.36. The predicted molar refractivity (Wildman–Crippen MR) is 95.5 cm³/mol. The second-order valence-electron chi connectivity index (χ2n) is 8.59. The fourth-order valence-corrected chi connectivity index (χ4v) is 4.44. The highest BCUT2D eigenvalue weighted by molar-refractivity contribution is 5.69. The zero-order chi connectivity index (χ0) is 19.3. The molecule has 2 bridgehead atoms. The van der Waals surface area contributed by atoms with Crippen LogP contribution in [-0.2, 0) is 15.1 Å². The monoisotopic (exact) mass is 365 g/mol. The van der Waals surface area contributed by atoms with Gasteiger partial charge < -0.3 is 14.6 Å². The van der Waals surface area contributed by atoms with Crippen molar-refractivity contribution in [3.05, 3.63) is 34.6 Å². The van der Waals surface area contributed by atoms with Crippen LogP contribution < -0.4 is 0 Å². The van der Waals surface area contributed by atoms with E-state index in [-0.39, 0.29) is 24.0 Å². The van der Waals surface area contributed by atoms with E-state index >= 15 is 0 Å². The third-order valence-corrected chi connectivity index (χ3v) is 5.12. The summed E-state index contributed by atoms with van der Waals surface area (Å²) in [4.78, 5) is 14.4. The Bertz CT molecular complexity index is 675. The van der Waals surface area contributed by atoms with Crippen molar-refractivity contribution < 1.29 is 23.8 Å². The van der Waals surface area contributed by atoms with Gasteiger partial charge in [0.05, 0.1) is 30.9 Å². The predicted octanol–water partition coefficient (Wildman–Crippen LogP) is 3.43. The lowest BCUT2D eigenvalue weighted by Gasteiger charge is -2.52. The molecular formula is C20H28FNO4. The van der Waals surface area contributed by atoms with E-state index in [0.29, 0.717) is 26.1 Å².